The topological polar surface area (TPSA) is 83.6 Å². The zero-order chi connectivity index (χ0) is 14.8. The van der Waals surface area contributed by atoms with Gasteiger partial charge in [0.2, 0.25) is 6.57 Å². The molecule has 2 aromatic carbocycles. The van der Waals surface area contributed by atoms with Crippen LogP contribution in [0.2, 0.25) is 0 Å². The fourth-order valence-electron chi connectivity index (χ4n) is 1.71. The predicted molar refractivity (Wildman–Crippen MR) is 83.2 cm³/mol. The van der Waals surface area contributed by atoms with Crippen LogP contribution >= 0.6 is 6.57 Å². The Morgan fingerprint density at radius 3 is 1.90 bits per heavy atom. The van der Waals surface area contributed by atoms with Gasteiger partial charge in [0.25, 0.3) is 10.0 Å². The molecule has 2 rings (SSSR count). The van der Waals surface area contributed by atoms with Crippen LogP contribution in [0.1, 0.15) is 0 Å². The lowest BCUT2D eigenvalue weighted by molar-refractivity contribution is 0.590. The van der Waals surface area contributed by atoms with Crippen molar-refractivity contribution in [1.29, 1.82) is 0 Å². The molecule has 5 nitrogen and oxygen atoms in total. The van der Waals surface area contributed by atoms with Gasteiger partial charge in [-0.25, -0.2) is 12.5 Å². The van der Waals surface area contributed by atoms with Crippen LogP contribution < -0.4 is 9.58 Å². The Bertz CT molecular complexity index is 730. The fourth-order valence-corrected chi connectivity index (χ4v) is 5.86. The summed E-state index contributed by atoms with van der Waals surface area (Å²) in [6, 6.07) is 15.8. The molecule has 0 aliphatic rings. The molecule has 0 radical (unpaired) electrons. The Morgan fingerprint density at radius 1 is 1.00 bits per heavy atom. The molecule has 0 heterocycles. The summed E-state index contributed by atoms with van der Waals surface area (Å²) in [5.41, 5.74) is 5.80. The SMILES string of the molecule is NP(O)(=S)N(c1ccccc1)S(=O)(=O)c1ccccc1. The largest absolute Gasteiger partial charge is 0.338 e. The summed E-state index contributed by atoms with van der Waals surface area (Å²) in [5.74, 6) is 0. The molecule has 1 unspecified atom stereocenters. The summed E-state index contributed by atoms with van der Waals surface area (Å²) in [6.45, 7) is -3.71. The molecule has 0 aliphatic heterocycles. The molecule has 8 heteroatoms. The minimum Gasteiger partial charge on any atom is -0.338 e. The molecule has 2 aromatic rings. The van der Waals surface area contributed by atoms with E-state index in [2.05, 4.69) is 0 Å². The number of para-hydroxylation sites is 1. The van der Waals surface area contributed by atoms with Crippen molar-refractivity contribution >= 4 is 34.1 Å². The smallest absolute Gasteiger partial charge is 0.270 e. The highest BCUT2D eigenvalue weighted by Gasteiger charge is 2.33. The molecule has 3 N–H and O–H groups in total. The second-order valence-electron chi connectivity index (χ2n) is 3.99. The highest BCUT2D eigenvalue weighted by molar-refractivity contribution is 8.18. The quantitative estimate of drug-likeness (QED) is 0.839. The average molecular weight is 328 g/mol. The van der Waals surface area contributed by atoms with E-state index in [1.165, 1.54) is 24.3 Å². The first kappa shape index (κ1) is 15.2. The first-order valence-electron chi connectivity index (χ1n) is 5.61. The normalized spacial score (nSPS) is 14.5. The molecule has 0 spiro atoms. The van der Waals surface area contributed by atoms with E-state index in [1.807, 2.05) is 0 Å². The van der Waals surface area contributed by atoms with E-state index in [9.17, 15) is 13.3 Å². The van der Waals surface area contributed by atoms with E-state index >= 15 is 0 Å². The van der Waals surface area contributed by atoms with E-state index in [0.717, 1.165) is 4.08 Å². The van der Waals surface area contributed by atoms with Crippen LogP contribution in [0.5, 0.6) is 0 Å². The number of sulfonamides is 1. The molecule has 0 saturated carbocycles. The Balaban J connectivity index is 2.63. The van der Waals surface area contributed by atoms with Gasteiger partial charge in [0.1, 0.15) is 0 Å². The third-order valence-corrected chi connectivity index (χ3v) is 6.98. The predicted octanol–water partition coefficient (Wildman–Crippen LogP) is 2.06. The lowest BCUT2D eigenvalue weighted by Crippen LogP contribution is -2.30. The summed E-state index contributed by atoms with van der Waals surface area (Å²) < 4.78 is 26.0. The zero-order valence-corrected chi connectivity index (χ0v) is 12.9. The third-order valence-electron chi connectivity index (χ3n) is 2.51. The minimum absolute atomic E-state index is 0.0255. The van der Waals surface area contributed by atoms with E-state index in [0.29, 0.717) is 0 Å². The number of hydrogen-bond acceptors (Lipinski definition) is 3. The first-order valence-corrected chi connectivity index (χ1v) is 9.82. The molecule has 0 aliphatic carbocycles. The number of anilines is 1. The molecule has 0 bridgehead atoms. The Labute approximate surface area is 122 Å². The van der Waals surface area contributed by atoms with E-state index < -0.39 is 16.6 Å². The summed E-state index contributed by atoms with van der Waals surface area (Å²) in [6.07, 6.45) is 0. The first-order chi connectivity index (χ1) is 9.33. The van der Waals surface area contributed by atoms with Gasteiger partial charge in [0, 0.05) is 0 Å². The number of benzene rings is 2. The summed E-state index contributed by atoms with van der Waals surface area (Å²) in [5, 5.41) is 0. The molecule has 0 saturated heterocycles. The van der Waals surface area contributed by atoms with Crippen molar-refractivity contribution in [1.82, 2.24) is 0 Å². The summed E-state index contributed by atoms with van der Waals surface area (Å²) >= 11 is 4.83. The molecule has 0 aromatic heterocycles. The highest BCUT2D eigenvalue weighted by Crippen LogP contribution is 2.45. The van der Waals surface area contributed by atoms with Crippen LogP contribution in [0.15, 0.2) is 65.6 Å². The van der Waals surface area contributed by atoms with Crippen molar-refractivity contribution in [3.63, 3.8) is 0 Å². The lowest BCUT2D eigenvalue weighted by atomic mass is 10.3. The number of hydrogen-bond donors (Lipinski definition) is 2. The third kappa shape index (κ3) is 3.08. The molecule has 0 amide bonds. The van der Waals surface area contributed by atoms with Crippen molar-refractivity contribution in [3.05, 3.63) is 60.7 Å². The second kappa shape index (κ2) is 5.63. The van der Waals surface area contributed by atoms with Gasteiger partial charge in [-0.1, -0.05) is 36.4 Å². The maximum absolute atomic E-state index is 12.6. The van der Waals surface area contributed by atoms with Gasteiger partial charge in [-0.15, -0.1) is 0 Å². The fraction of sp³-hybridized carbons (Fsp3) is 0. The number of nitrogens with zero attached hydrogens (tertiary/aromatic N) is 1. The van der Waals surface area contributed by atoms with Crippen molar-refractivity contribution < 1.29 is 13.3 Å². The van der Waals surface area contributed by atoms with Crippen LogP contribution in [-0.4, -0.2) is 13.3 Å². The van der Waals surface area contributed by atoms with Crippen molar-refractivity contribution in [3.8, 4) is 0 Å². The summed E-state index contributed by atoms with van der Waals surface area (Å²) in [4.78, 5) is 10.0. The standard InChI is InChI=1S/C12H13N2O3PS2/c13-18(15,19)14(11-7-3-1-4-8-11)20(16,17)12-9-5-2-6-10-12/h1-10H,(H3,13,15,19). The lowest BCUT2D eigenvalue weighted by Gasteiger charge is -2.28. The van der Waals surface area contributed by atoms with Crippen molar-refractivity contribution in [2.24, 2.45) is 5.50 Å². The number of nitrogens with two attached hydrogens (primary N) is 1. The Hall–Kier alpha value is -1.24. The monoisotopic (exact) mass is 328 g/mol. The maximum atomic E-state index is 12.6. The summed E-state index contributed by atoms with van der Waals surface area (Å²) in [7, 11) is -4.01. The van der Waals surface area contributed by atoms with Gasteiger partial charge in [-0.2, -0.15) is 0 Å². The van der Waals surface area contributed by atoms with Crippen LogP contribution in [0.25, 0.3) is 0 Å². The van der Waals surface area contributed by atoms with Gasteiger partial charge >= 0.3 is 0 Å². The highest BCUT2D eigenvalue weighted by atomic mass is 32.5. The molecule has 106 valence electrons. The Morgan fingerprint density at radius 2 is 1.45 bits per heavy atom. The van der Waals surface area contributed by atoms with Gasteiger partial charge in [0.15, 0.2) is 0 Å². The van der Waals surface area contributed by atoms with Crippen LogP contribution in [-0.2, 0) is 21.8 Å². The zero-order valence-electron chi connectivity index (χ0n) is 10.3. The van der Waals surface area contributed by atoms with Crippen molar-refractivity contribution in [2.45, 2.75) is 4.90 Å². The maximum Gasteiger partial charge on any atom is 0.270 e. The second-order valence-corrected chi connectivity index (χ2v) is 9.23. The minimum atomic E-state index is -4.01. The van der Waals surface area contributed by atoms with Crippen molar-refractivity contribution in [2.75, 3.05) is 4.08 Å². The molecular formula is C12H13N2O3PS2. The molecule has 1 atom stereocenters. The molecular weight excluding hydrogens is 315 g/mol. The van der Waals surface area contributed by atoms with E-state index in [1.54, 1.807) is 36.4 Å². The van der Waals surface area contributed by atoms with Gasteiger partial charge in [-0.05, 0) is 36.1 Å². The van der Waals surface area contributed by atoms with Crippen LogP contribution in [0.4, 0.5) is 5.69 Å². The van der Waals surface area contributed by atoms with Gasteiger partial charge < -0.3 is 4.89 Å². The van der Waals surface area contributed by atoms with Gasteiger partial charge in [0.05, 0.1) is 10.6 Å². The Kier molecular flexibility index (Phi) is 4.27. The van der Waals surface area contributed by atoms with Gasteiger partial charge in [-0.3, -0.25) is 5.50 Å². The average Bonchev–Trinajstić information content (AvgIpc) is 2.39. The number of rotatable bonds is 4. The molecule has 20 heavy (non-hydrogen) atoms. The van der Waals surface area contributed by atoms with E-state index in [-0.39, 0.29) is 10.6 Å². The molecule has 0 fully saturated rings. The van der Waals surface area contributed by atoms with E-state index in [4.69, 9.17) is 17.3 Å². The van der Waals surface area contributed by atoms with Crippen LogP contribution in [0.3, 0.4) is 0 Å². The van der Waals surface area contributed by atoms with Crippen LogP contribution in [0, 0.1) is 0 Å².